The number of ether oxygens (including phenoxy) is 2. The fourth-order valence-electron chi connectivity index (χ4n) is 4.11. The molecule has 1 aromatic rings. The molecule has 2 atom stereocenters. The van der Waals surface area contributed by atoms with Crippen LogP contribution in [0.3, 0.4) is 0 Å². The lowest BCUT2D eigenvalue weighted by molar-refractivity contribution is -0.183. The maximum atomic E-state index is 6.36. The lowest BCUT2D eigenvalue weighted by Gasteiger charge is -2.25. The van der Waals surface area contributed by atoms with Crippen LogP contribution in [0.1, 0.15) is 69.3 Å². The summed E-state index contributed by atoms with van der Waals surface area (Å²) in [5.41, 5.74) is 2.42. The average molecular weight is 317 g/mol. The van der Waals surface area contributed by atoms with Crippen molar-refractivity contribution >= 4 is 0 Å². The molecule has 0 saturated carbocycles. The Balaban J connectivity index is 1.53. The zero-order chi connectivity index (χ0) is 16.1. The van der Waals surface area contributed by atoms with E-state index in [2.05, 4.69) is 36.1 Å². The molecule has 3 heteroatoms. The molecule has 0 radical (unpaired) electrons. The van der Waals surface area contributed by atoms with Gasteiger partial charge in [-0.15, -0.1) is 0 Å². The van der Waals surface area contributed by atoms with E-state index in [-0.39, 0.29) is 11.9 Å². The number of methoxy groups -OCH3 is 1. The molecule has 23 heavy (non-hydrogen) atoms. The van der Waals surface area contributed by atoms with Crippen LogP contribution >= 0.6 is 0 Å². The molecule has 1 saturated heterocycles. The van der Waals surface area contributed by atoms with Gasteiger partial charge < -0.3 is 9.47 Å². The maximum absolute atomic E-state index is 6.36. The first-order chi connectivity index (χ1) is 11.3. The molecule has 0 N–H and O–H groups in total. The highest BCUT2D eigenvalue weighted by Crippen LogP contribution is 2.48. The quantitative estimate of drug-likeness (QED) is 0.653. The van der Waals surface area contributed by atoms with Gasteiger partial charge in [0.15, 0.2) is 6.29 Å². The number of fused-ring (bicyclic) bond motifs is 2. The van der Waals surface area contributed by atoms with Gasteiger partial charge in [-0.1, -0.05) is 63.3 Å². The van der Waals surface area contributed by atoms with Crippen molar-refractivity contribution in [2.75, 3.05) is 26.7 Å². The molecule has 2 heterocycles. The summed E-state index contributed by atoms with van der Waals surface area (Å²) in [6.45, 7) is 5.63. The van der Waals surface area contributed by atoms with Gasteiger partial charge in [-0.25, -0.2) is 0 Å². The smallest absolute Gasteiger partial charge is 0.184 e. The molecule has 2 aliphatic heterocycles. The first-order valence-corrected chi connectivity index (χ1v) is 9.31. The largest absolute Gasteiger partial charge is 0.352 e. The minimum absolute atomic E-state index is 0.139. The molecule has 0 bridgehead atoms. The molecule has 2 aliphatic rings. The van der Waals surface area contributed by atoms with Crippen LogP contribution in [0.4, 0.5) is 0 Å². The van der Waals surface area contributed by atoms with Crippen molar-refractivity contribution in [3.05, 3.63) is 35.4 Å². The van der Waals surface area contributed by atoms with Gasteiger partial charge in [-0.05, 0) is 24.9 Å². The second kappa shape index (κ2) is 7.78. The van der Waals surface area contributed by atoms with Gasteiger partial charge in [0, 0.05) is 25.8 Å². The molecule has 0 aromatic heterocycles. The lowest BCUT2D eigenvalue weighted by Crippen LogP contribution is -2.31. The van der Waals surface area contributed by atoms with Crippen molar-refractivity contribution < 1.29 is 9.47 Å². The fourth-order valence-corrected chi connectivity index (χ4v) is 4.11. The third-order valence-electron chi connectivity index (χ3n) is 5.39. The molecule has 0 amide bonds. The van der Waals surface area contributed by atoms with Crippen LogP contribution in [0.15, 0.2) is 24.3 Å². The highest BCUT2D eigenvalue weighted by molar-refractivity contribution is 5.38. The minimum atomic E-state index is -0.194. The number of likely N-dealkylation sites (tertiary alicyclic amines) is 1. The normalized spacial score (nSPS) is 27.0. The van der Waals surface area contributed by atoms with Crippen molar-refractivity contribution in [1.29, 1.82) is 0 Å². The second-order valence-electron chi connectivity index (χ2n) is 7.06. The SMILES string of the molecule is CCCCCCCCN1CC[C@]2(C1)O[C@H](OC)c1ccccc12. The van der Waals surface area contributed by atoms with E-state index in [0.717, 1.165) is 19.5 Å². The van der Waals surface area contributed by atoms with Gasteiger partial charge in [-0.2, -0.15) is 0 Å². The minimum Gasteiger partial charge on any atom is -0.352 e. The van der Waals surface area contributed by atoms with Gasteiger partial charge in [0.05, 0.1) is 0 Å². The summed E-state index contributed by atoms with van der Waals surface area (Å²) < 4.78 is 11.9. The van der Waals surface area contributed by atoms with Gasteiger partial charge >= 0.3 is 0 Å². The molecule has 1 spiro atoms. The number of rotatable bonds is 8. The Hall–Kier alpha value is -0.900. The zero-order valence-corrected chi connectivity index (χ0v) is 14.7. The van der Waals surface area contributed by atoms with Crippen LogP contribution < -0.4 is 0 Å². The fraction of sp³-hybridized carbons (Fsp3) is 0.700. The monoisotopic (exact) mass is 317 g/mol. The molecule has 1 fully saturated rings. The highest BCUT2D eigenvalue weighted by atomic mass is 16.7. The third kappa shape index (κ3) is 3.62. The van der Waals surface area contributed by atoms with E-state index >= 15 is 0 Å². The maximum Gasteiger partial charge on any atom is 0.184 e. The lowest BCUT2D eigenvalue weighted by atomic mass is 9.91. The van der Waals surface area contributed by atoms with E-state index in [0.29, 0.717) is 0 Å². The molecule has 128 valence electrons. The van der Waals surface area contributed by atoms with E-state index in [1.165, 1.54) is 56.2 Å². The number of hydrogen-bond donors (Lipinski definition) is 0. The van der Waals surface area contributed by atoms with Crippen molar-refractivity contribution in [1.82, 2.24) is 4.90 Å². The molecular weight excluding hydrogens is 286 g/mol. The van der Waals surface area contributed by atoms with E-state index in [1.54, 1.807) is 7.11 Å². The van der Waals surface area contributed by atoms with Crippen molar-refractivity contribution in [3.63, 3.8) is 0 Å². The van der Waals surface area contributed by atoms with Crippen molar-refractivity contribution in [3.8, 4) is 0 Å². The van der Waals surface area contributed by atoms with E-state index < -0.39 is 0 Å². The van der Waals surface area contributed by atoms with Gasteiger partial charge in [-0.3, -0.25) is 4.90 Å². The van der Waals surface area contributed by atoms with Crippen LogP contribution in [0.25, 0.3) is 0 Å². The summed E-state index contributed by atoms with van der Waals surface area (Å²) in [6, 6.07) is 8.58. The van der Waals surface area contributed by atoms with E-state index in [4.69, 9.17) is 9.47 Å². The summed E-state index contributed by atoms with van der Waals surface area (Å²) in [5, 5.41) is 0. The molecule has 3 rings (SSSR count). The summed E-state index contributed by atoms with van der Waals surface area (Å²) in [5.74, 6) is 0. The second-order valence-corrected chi connectivity index (χ2v) is 7.06. The number of hydrogen-bond acceptors (Lipinski definition) is 3. The van der Waals surface area contributed by atoms with Crippen LogP contribution in [0.2, 0.25) is 0 Å². The Morgan fingerprint density at radius 2 is 1.96 bits per heavy atom. The summed E-state index contributed by atoms with van der Waals surface area (Å²) in [6.07, 6.45) is 9.06. The van der Waals surface area contributed by atoms with Crippen LogP contribution in [0.5, 0.6) is 0 Å². The summed E-state index contributed by atoms with van der Waals surface area (Å²) in [4.78, 5) is 2.58. The summed E-state index contributed by atoms with van der Waals surface area (Å²) >= 11 is 0. The first kappa shape index (κ1) is 16.9. The van der Waals surface area contributed by atoms with Crippen molar-refractivity contribution in [2.45, 2.75) is 63.8 Å². The van der Waals surface area contributed by atoms with Gasteiger partial charge in [0.2, 0.25) is 0 Å². The van der Waals surface area contributed by atoms with Crippen molar-refractivity contribution in [2.24, 2.45) is 0 Å². The Morgan fingerprint density at radius 3 is 2.78 bits per heavy atom. The number of unbranched alkanes of at least 4 members (excludes halogenated alkanes) is 5. The molecule has 3 nitrogen and oxygen atoms in total. The number of nitrogens with zero attached hydrogens (tertiary/aromatic N) is 1. The predicted octanol–water partition coefficient (Wildman–Crippen LogP) is 4.62. The standard InChI is InChI=1S/C20H31NO2/c1-3-4-5-6-7-10-14-21-15-13-20(16-21)18-12-9-8-11-17(18)19(22-2)23-20/h8-9,11-12,19H,3-7,10,13-16H2,1-2H3/t19-,20+/m0/s1. The predicted molar refractivity (Wildman–Crippen MR) is 93.4 cm³/mol. The van der Waals surface area contributed by atoms with Gasteiger partial charge in [0.25, 0.3) is 0 Å². The van der Waals surface area contributed by atoms with E-state index in [9.17, 15) is 0 Å². The Morgan fingerprint density at radius 1 is 1.17 bits per heavy atom. The Kier molecular flexibility index (Phi) is 5.73. The van der Waals surface area contributed by atoms with Gasteiger partial charge in [0.1, 0.15) is 5.60 Å². The van der Waals surface area contributed by atoms with Crippen LogP contribution in [-0.2, 0) is 15.1 Å². The molecule has 0 aliphatic carbocycles. The Bertz CT molecular complexity index is 504. The van der Waals surface area contributed by atoms with Crippen LogP contribution in [0, 0.1) is 0 Å². The molecule has 0 unspecified atom stereocenters. The highest BCUT2D eigenvalue weighted by Gasteiger charge is 2.49. The average Bonchev–Trinajstić information content (AvgIpc) is 3.13. The Labute approximate surface area is 141 Å². The number of benzene rings is 1. The summed E-state index contributed by atoms with van der Waals surface area (Å²) in [7, 11) is 1.74. The third-order valence-corrected chi connectivity index (χ3v) is 5.39. The van der Waals surface area contributed by atoms with Crippen LogP contribution in [-0.4, -0.2) is 31.6 Å². The first-order valence-electron chi connectivity index (χ1n) is 9.31. The molecular formula is C20H31NO2. The van der Waals surface area contributed by atoms with E-state index in [1.807, 2.05) is 0 Å². The topological polar surface area (TPSA) is 21.7 Å². The zero-order valence-electron chi connectivity index (χ0n) is 14.7. The molecule has 1 aromatic carbocycles.